The van der Waals surface area contributed by atoms with E-state index >= 15 is 0 Å². The third-order valence-corrected chi connectivity index (χ3v) is 4.19. The first-order valence-electron chi connectivity index (χ1n) is 5.65. The van der Waals surface area contributed by atoms with E-state index in [0.29, 0.717) is 11.6 Å². The zero-order chi connectivity index (χ0) is 12.0. The van der Waals surface area contributed by atoms with Crippen molar-refractivity contribution in [2.75, 3.05) is 12.4 Å². The van der Waals surface area contributed by atoms with Crippen molar-refractivity contribution in [1.29, 1.82) is 0 Å². The standard InChI is InChI=1S/C13H19ClOS/c1-3-13(4-2,10-16)9-15-12-8-6-5-7-11(12)14/h5-8,16H,3-4,9-10H2,1-2H3. The van der Waals surface area contributed by atoms with Crippen LogP contribution in [0.5, 0.6) is 5.75 Å². The Morgan fingerprint density at radius 1 is 1.25 bits per heavy atom. The van der Waals surface area contributed by atoms with E-state index in [2.05, 4.69) is 26.5 Å². The fraction of sp³-hybridized carbons (Fsp3) is 0.538. The second-order valence-electron chi connectivity index (χ2n) is 4.08. The van der Waals surface area contributed by atoms with E-state index in [1.54, 1.807) is 0 Å². The maximum absolute atomic E-state index is 6.04. The molecule has 0 aliphatic rings. The Hall–Kier alpha value is -0.340. The van der Waals surface area contributed by atoms with Crippen molar-refractivity contribution in [3.8, 4) is 5.75 Å². The van der Waals surface area contributed by atoms with Crippen molar-refractivity contribution >= 4 is 24.2 Å². The van der Waals surface area contributed by atoms with E-state index in [4.69, 9.17) is 16.3 Å². The highest BCUT2D eigenvalue weighted by atomic mass is 35.5. The topological polar surface area (TPSA) is 9.23 Å². The fourth-order valence-corrected chi connectivity index (χ4v) is 2.24. The van der Waals surface area contributed by atoms with E-state index in [-0.39, 0.29) is 5.41 Å². The molecule has 0 aliphatic carbocycles. The highest BCUT2D eigenvalue weighted by molar-refractivity contribution is 7.80. The third-order valence-electron chi connectivity index (χ3n) is 3.21. The number of hydrogen-bond acceptors (Lipinski definition) is 2. The molecule has 3 heteroatoms. The van der Waals surface area contributed by atoms with Crippen molar-refractivity contribution in [1.82, 2.24) is 0 Å². The minimum atomic E-state index is 0.155. The Balaban J connectivity index is 2.66. The van der Waals surface area contributed by atoms with Crippen LogP contribution < -0.4 is 4.74 Å². The van der Waals surface area contributed by atoms with Gasteiger partial charge in [0.25, 0.3) is 0 Å². The van der Waals surface area contributed by atoms with Crippen LogP contribution in [0.4, 0.5) is 0 Å². The molecule has 0 aliphatic heterocycles. The van der Waals surface area contributed by atoms with Gasteiger partial charge in [0.2, 0.25) is 0 Å². The largest absolute Gasteiger partial charge is 0.491 e. The second kappa shape index (κ2) is 6.41. The monoisotopic (exact) mass is 258 g/mol. The predicted octanol–water partition coefficient (Wildman–Crippen LogP) is 4.46. The van der Waals surface area contributed by atoms with E-state index in [1.165, 1.54) is 0 Å². The van der Waals surface area contributed by atoms with Gasteiger partial charge in [-0.3, -0.25) is 0 Å². The molecule has 0 amide bonds. The smallest absolute Gasteiger partial charge is 0.137 e. The van der Waals surface area contributed by atoms with Crippen molar-refractivity contribution in [3.05, 3.63) is 29.3 Å². The molecular weight excluding hydrogens is 240 g/mol. The summed E-state index contributed by atoms with van der Waals surface area (Å²) in [7, 11) is 0. The van der Waals surface area contributed by atoms with Gasteiger partial charge in [-0.1, -0.05) is 37.6 Å². The number of halogens is 1. The Morgan fingerprint density at radius 2 is 1.88 bits per heavy atom. The molecular formula is C13H19ClOS. The highest BCUT2D eigenvalue weighted by Crippen LogP contribution is 2.31. The van der Waals surface area contributed by atoms with Gasteiger partial charge < -0.3 is 4.74 Å². The number of hydrogen-bond donors (Lipinski definition) is 1. The summed E-state index contributed by atoms with van der Waals surface area (Å²) in [5.74, 6) is 1.60. The average Bonchev–Trinajstić information content (AvgIpc) is 2.34. The molecule has 0 heterocycles. The van der Waals surface area contributed by atoms with Crippen LogP contribution >= 0.6 is 24.2 Å². The summed E-state index contributed by atoms with van der Waals surface area (Å²) in [5.41, 5.74) is 0.155. The normalized spacial score (nSPS) is 11.5. The zero-order valence-electron chi connectivity index (χ0n) is 9.87. The molecule has 1 aromatic carbocycles. The first-order valence-corrected chi connectivity index (χ1v) is 6.66. The molecule has 16 heavy (non-hydrogen) atoms. The lowest BCUT2D eigenvalue weighted by Gasteiger charge is -2.29. The fourth-order valence-electron chi connectivity index (χ4n) is 1.52. The Morgan fingerprint density at radius 3 is 2.38 bits per heavy atom. The van der Waals surface area contributed by atoms with Gasteiger partial charge in [0.15, 0.2) is 0 Å². The van der Waals surface area contributed by atoms with Gasteiger partial charge in [-0.2, -0.15) is 12.6 Å². The summed E-state index contributed by atoms with van der Waals surface area (Å²) in [6.07, 6.45) is 2.13. The summed E-state index contributed by atoms with van der Waals surface area (Å²) in [5, 5.41) is 0.669. The SMILES string of the molecule is CCC(CC)(CS)COc1ccccc1Cl. The first-order chi connectivity index (χ1) is 7.67. The number of benzene rings is 1. The molecule has 0 bridgehead atoms. The summed E-state index contributed by atoms with van der Waals surface area (Å²) in [6.45, 7) is 5.03. The van der Waals surface area contributed by atoms with Gasteiger partial charge in [0.05, 0.1) is 11.6 Å². The van der Waals surface area contributed by atoms with Crippen LogP contribution in [0.15, 0.2) is 24.3 Å². The molecule has 0 spiro atoms. The molecule has 0 radical (unpaired) electrons. The number of thiol groups is 1. The zero-order valence-corrected chi connectivity index (χ0v) is 11.5. The maximum Gasteiger partial charge on any atom is 0.137 e. The number of para-hydroxylation sites is 1. The van der Waals surface area contributed by atoms with Gasteiger partial charge in [-0.05, 0) is 30.7 Å². The molecule has 0 saturated carbocycles. The molecule has 0 fully saturated rings. The molecule has 0 N–H and O–H groups in total. The van der Waals surface area contributed by atoms with E-state index < -0.39 is 0 Å². The number of ether oxygens (including phenoxy) is 1. The van der Waals surface area contributed by atoms with E-state index in [9.17, 15) is 0 Å². The molecule has 90 valence electrons. The van der Waals surface area contributed by atoms with Crippen LogP contribution in [0.2, 0.25) is 5.02 Å². The minimum absolute atomic E-state index is 0.155. The van der Waals surface area contributed by atoms with Gasteiger partial charge in [-0.25, -0.2) is 0 Å². The van der Waals surface area contributed by atoms with Gasteiger partial charge in [0.1, 0.15) is 5.75 Å². The van der Waals surface area contributed by atoms with Crippen molar-refractivity contribution in [2.24, 2.45) is 5.41 Å². The predicted molar refractivity (Wildman–Crippen MR) is 73.8 cm³/mol. The molecule has 0 atom stereocenters. The molecule has 1 rings (SSSR count). The van der Waals surface area contributed by atoms with Crippen molar-refractivity contribution in [3.63, 3.8) is 0 Å². The van der Waals surface area contributed by atoms with Crippen molar-refractivity contribution in [2.45, 2.75) is 26.7 Å². The van der Waals surface area contributed by atoms with E-state index in [1.807, 2.05) is 24.3 Å². The summed E-state index contributed by atoms with van der Waals surface area (Å²) in [6, 6.07) is 7.58. The second-order valence-corrected chi connectivity index (χ2v) is 4.81. The quantitative estimate of drug-likeness (QED) is 0.742. The van der Waals surface area contributed by atoms with Crippen LogP contribution in [0, 0.1) is 5.41 Å². The van der Waals surface area contributed by atoms with Crippen LogP contribution in [0.25, 0.3) is 0 Å². The third kappa shape index (κ3) is 3.33. The summed E-state index contributed by atoms with van der Waals surface area (Å²) >= 11 is 10.5. The highest BCUT2D eigenvalue weighted by Gasteiger charge is 2.25. The first kappa shape index (κ1) is 13.7. The molecule has 0 aromatic heterocycles. The lowest BCUT2D eigenvalue weighted by molar-refractivity contribution is 0.157. The van der Waals surface area contributed by atoms with Gasteiger partial charge in [-0.15, -0.1) is 0 Å². The average molecular weight is 259 g/mol. The number of rotatable bonds is 6. The summed E-state index contributed by atoms with van der Waals surface area (Å²) in [4.78, 5) is 0. The van der Waals surface area contributed by atoms with Crippen LogP contribution in [0.3, 0.4) is 0 Å². The lowest BCUT2D eigenvalue weighted by atomic mass is 9.85. The molecule has 0 saturated heterocycles. The van der Waals surface area contributed by atoms with Crippen LogP contribution in [-0.2, 0) is 0 Å². The van der Waals surface area contributed by atoms with Crippen LogP contribution in [-0.4, -0.2) is 12.4 Å². The lowest BCUT2D eigenvalue weighted by Crippen LogP contribution is -2.29. The molecule has 1 nitrogen and oxygen atoms in total. The van der Waals surface area contributed by atoms with Gasteiger partial charge >= 0.3 is 0 Å². The van der Waals surface area contributed by atoms with Crippen LogP contribution in [0.1, 0.15) is 26.7 Å². The molecule has 1 aromatic rings. The van der Waals surface area contributed by atoms with E-state index in [0.717, 1.165) is 24.3 Å². The van der Waals surface area contributed by atoms with Gasteiger partial charge in [0, 0.05) is 5.41 Å². The molecule has 0 unspecified atom stereocenters. The Bertz CT molecular complexity index is 315. The Kier molecular flexibility index (Phi) is 5.50. The maximum atomic E-state index is 6.04. The Labute approximate surface area is 109 Å². The van der Waals surface area contributed by atoms with Crippen molar-refractivity contribution < 1.29 is 4.74 Å². The minimum Gasteiger partial charge on any atom is -0.491 e. The summed E-state index contributed by atoms with van der Waals surface area (Å²) < 4.78 is 5.79.